The molecule has 1 aromatic carbocycles. The van der Waals surface area contributed by atoms with Crippen LogP contribution in [0.3, 0.4) is 0 Å². The zero-order valence-corrected chi connectivity index (χ0v) is 14.6. The maximum atomic E-state index is 5.61. The molecule has 0 amide bonds. The van der Waals surface area contributed by atoms with Gasteiger partial charge in [0.05, 0.1) is 22.4 Å². The van der Waals surface area contributed by atoms with Gasteiger partial charge in [0.2, 0.25) is 5.89 Å². The van der Waals surface area contributed by atoms with Crippen LogP contribution in [-0.2, 0) is 18.6 Å². The number of thiazole rings is 1. The highest BCUT2D eigenvalue weighted by Gasteiger charge is 2.06. The molecule has 0 fully saturated rings. The summed E-state index contributed by atoms with van der Waals surface area (Å²) in [6.45, 7) is 2.95. The number of nitrogens with zero attached hydrogens (tertiary/aromatic N) is 2. The molecule has 0 unspecified atom stereocenters. The lowest BCUT2D eigenvalue weighted by Gasteiger charge is -2.02. The molecule has 0 aliphatic heterocycles. The van der Waals surface area contributed by atoms with E-state index in [2.05, 4.69) is 46.5 Å². The molecule has 1 N–H and O–H groups in total. The zero-order valence-electron chi connectivity index (χ0n) is 13.0. The lowest BCUT2D eigenvalue weighted by molar-refractivity contribution is 0.476. The molecule has 0 aliphatic carbocycles. The highest BCUT2D eigenvalue weighted by Crippen LogP contribution is 2.30. The summed E-state index contributed by atoms with van der Waals surface area (Å²) in [5.74, 6) is 2.46. The lowest BCUT2D eigenvalue weighted by atomic mass is 10.2. The zero-order chi connectivity index (χ0) is 15.9. The van der Waals surface area contributed by atoms with Gasteiger partial charge in [0.25, 0.3) is 0 Å². The first-order valence-electron chi connectivity index (χ1n) is 7.63. The van der Waals surface area contributed by atoms with Crippen molar-refractivity contribution in [2.75, 3.05) is 11.9 Å². The summed E-state index contributed by atoms with van der Waals surface area (Å²) < 4.78 is 6.78. The number of aromatic nitrogens is 2. The molecule has 0 atom stereocenters. The molecular weight excluding hydrogens is 326 g/mol. The summed E-state index contributed by atoms with van der Waals surface area (Å²) in [7, 11) is 0. The Kier molecular flexibility index (Phi) is 5.71. The van der Waals surface area contributed by atoms with E-state index < -0.39 is 0 Å². The Morgan fingerprint density at radius 2 is 2.04 bits per heavy atom. The number of oxazole rings is 1. The quantitative estimate of drug-likeness (QED) is 0.603. The Labute approximate surface area is 144 Å². The third-order valence-electron chi connectivity index (χ3n) is 3.31. The van der Waals surface area contributed by atoms with E-state index in [4.69, 9.17) is 4.42 Å². The van der Waals surface area contributed by atoms with E-state index in [-0.39, 0.29) is 0 Å². The monoisotopic (exact) mass is 345 g/mol. The van der Waals surface area contributed by atoms with Crippen LogP contribution < -0.4 is 5.32 Å². The molecule has 0 saturated carbocycles. The third kappa shape index (κ3) is 4.84. The molecular formula is C17H19N3OS2. The van der Waals surface area contributed by atoms with Gasteiger partial charge in [-0.2, -0.15) is 0 Å². The minimum Gasteiger partial charge on any atom is -0.445 e. The number of rotatable bonds is 8. The summed E-state index contributed by atoms with van der Waals surface area (Å²) in [6, 6.07) is 10.5. The van der Waals surface area contributed by atoms with Gasteiger partial charge in [-0.15, -0.1) is 11.8 Å². The van der Waals surface area contributed by atoms with Gasteiger partial charge < -0.3 is 9.73 Å². The molecule has 0 bridgehead atoms. The molecule has 6 heteroatoms. The first kappa shape index (κ1) is 16.1. The van der Waals surface area contributed by atoms with E-state index in [9.17, 15) is 0 Å². The Morgan fingerprint density at radius 3 is 2.83 bits per heavy atom. The second-order valence-corrected chi connectivity index (χ2v) is 7.32. The van der Waals surface area contributed by atoms with Crippen molar-refractivity contribution in [1.82, 2.24) is 9.97 Å². The number of nitrogens with one attached hydrogen (secondary N) is 1. The molecule has 4 nitrogen and oxygen atoms in total. The summed E-state index contributed by atoms with van der Waals surface area (Å²) in [4.78, 5) is 8.69. The average Bonchev–Trinajstić information content (AvgIpc) is 3.23. The normalized spacial score (nSPS) is 10.8. The largest absolute Gasteiger partial charge is 0.445 e. The number of benzene rings is 1. The molecule has 0 saturated heterocycles. The molecule has 120 valence electrons. The van der Waals surface area contributed by atoms with Crippen LogP contribution in [-0.4, -0.2) is 16.5 Å². The van der Waals surface area contributed by atoms with E-state index in [0.29, 0.717) is 0 Å². The average molecular weight is 345 g/mol. The number of anilines is 1. The smallest absolute Gasteiger partial charge is 0.204 e. The van der Waals surface area contributed by atoms with Crippen molar-refractivity contribution in [3.05, 3.63) is 59.9 Å². The third-order valence-corrected chi connectivity index (χ3v) is 5.44. The summed E-state index contributed by atoms with van der Waals surface area (Å²) in [6.07, 6.45) is 5.59. The van der Waals surface area contributed by atoms with Crippen LogP contribution in [0.25, 0.3) is 0 Å². The van der Waals surface area contributed by atoms with Crippen molar-refractivity contribution in [2.45, 2.75) is 29.7 Å². The second-order valence-electron chi connectivity index (χ2n) is 5.01. The van der Waals surface area contributed by atoms with Gasteiger partial charge in [0.15, 0.2) is 5.13 Å². The summed E-state index contributed by atoms with van der Waals surface area (Å²) in [5, 5.41) is 4.34. The summed E-state index contributed by atoms with van der Waals surface area (Å²) in [5.41, 5.74) is 1.33. The van der Waals surface area contributed by atoms with Crippen molar-refractivity contribution >= 4 is 28.2 Å². The van der Waals surface area contributed by atoms with Gasteiger partial charge in [0, 0.05) is 13.0 Å². The van der Waals surface area contributed by atoms with Gasteiger partial charge in [-0.25, -0.2) is 9.97 Å². The Hall–Kier alpha value is -1.79. The summed E-state index contributed by atoms with van der Waals surface area (Å²) >= 11 is 3.38. The molecule has 23 heavy (non-hydrogen) atoms. The minimum atomic E-state index is 0.742. The van der Waals surface area contributed by atoms with Crippen molar-refractivity contribution < 1.29 is 4.42 Å². The highest BCUT2D eigenvalue weighted by atomic mass is 32.2. The van der Waals surface area contributed by atoms with Gasteiger partial charge >= 0.3 is 0 Å². The fraction of sp³-hybridized carbons (Fsp3) is 0.294. The molecule has 0 radical (unpaired) electrons. The van der Waals surface area contributed by atoms with Gasteiger partial charge in [-0.1, -0.05) is 48.6 Å². The fourth-order valence-electron chi connectivity index (χ4n) is 2.08. The minimum absolute atomic E-state index is 0.742. The van der Waals surface area contributed by atoms with Crippen LogP contribution in [0.2, 0.25) is 0 Å². The van der Waals surface area contributed by atoms with Crippen molar-refractivity contribution in [2.24, 2.45) is 0 Å². The number of aryl methyl sites for hydroxylation is 1. The Morgan fingerprint density at radius 1 is 1.17 bits per heavy atom. The van der Waals surface area contributed by atoms with Crippen molar-refractivity contribution in [3.63, 3.8) is 0 Å². The van der Waals surface area contributed by atoms with Gasteiger partial charge in [-0.05, 0) is 12.0 Å². The fourth-order valence-corrected chi connectivity index (χ4v) is 3.83. The van der Waals surface area contributed by atoms with Crippen molar-refractivity contribution in [3.8, 4) is 0 Å². The second kappa shape index (κ2) is 8.17. The van der Waals surface area contributed by atoms with Crippen LogP contribution >= 0.6 is 23.1 Å². The predicted octanol–water partition coefficient (Wildman–Crippen LogP) is 4.64. The van der Waals surface area contributed by atoms with E-state index in [0.717, 1.165) is 41.9 Å². The SMILES string of the molecule is CCc1cnc(CSc2cnc(NCCc3ccccc3)s2)o1. The Balaban J connectivity index is 1.44. The predicted molar refractivity (Wildman–Crippen MR) is 96.2 cm³/mol. The molecule has 0 aliphatic rings. The first-order valence-corrected chi connectivity index (χ1v) is 9.43. The maximum absolute atomic E-state index is 5.61. The van der Waals surface area contributed by atoms with Crippen LogP contribution in [0.5, 0.6) is 0 Å². The Bertz CT molecular complexity index is 724. The molecule has 0 spiro atoms. The molecule has 2 aromatic heterocycles. The van der Waals surface area contributed by atoms with E-state index >= 15 is 0 Å². The van der Waals surface area contributed by atoms with Crippen LogP contribution in [0.1, 0.15) is 24.1 Å². The van der Waals surface area contributed by atoms with Gasteiger partial charge in [0.1, 0.15) is 5.76 Å². The van der Waals surface area contributed by atoms with Crippen LogP contribution in [0, 0.1) is 0 Å². The highest BCUT2D eigenvalue weighted by molar-refractivity contribution is 8.00. The molecule has 2 heterocycles. The number of hydrogen-bond donors (Lipinski definition) is 1. The maximum Gasteiger partial charge on any atom is 0.204 e. The first-order chi connectivity index (χ1) is 11.3. The topological polar surface area (TPSA) is 51.0 Å². The molecule has 3 aromatic rings. The van der Waals surface area contributed by atoms with Crippen LogP contribution in [0.15, 0.2) is 51.4 Å². The van der Waals surface area contributed by atoms with Crippen LogP contribution in [0.4, 0.5) is 5.13 Å². The number of hydrogen-bond acceptors (Lipinski definition) is 6. The van der Waals surface area contributed by atoms with E-state index in [1.165, 1.54) is 9.77 Å². The van der Waals surface area contributed by atoms with Crippen molar-refractivity contribution in [1.29, 1.82) is 0 Å². The number of thioether (sulfide) groups is 1. The standard InChI is InChI=1S/C17H19N3OS2/c1-2-14-10-19-15(21-14)12-22-16-11-20-17(23-16)18-9-8-13-6-4-3-5-7-13/h3-7,10-11H,2,8-9,12H2,1H3,(H,18,20). The van der Waals surface area contributed by atoms with E-state index in [1.807, 2.05) is 12.3 Å². The lowest BCUT2D eigenvalue weighted by Crippen LogP contribution is -2.03. The van der Waals surface area contributed by atoms with E-state index in [1.54, 1.807) is 29.3 Å². The van der Waals surface area contributed by atoms with Gasteiger partial charge in [-0.3, -0.25) is 0 Å². The molecule has 3 rings (SSSR count).